The van der Waals surface area contributed by atoms with E-state index in [2.05, 4.69) is 4.99 Å². The minimum Gasteiger partial charge on any atom is -0.379 e. The van der Waals surface area contributed by atoms with Crippen LogP contribution in [0.1, 0.15) is 6.92 Å². The van der Waals surface area contributed by atoms with Crippen LogP contribution in [0.5, 0.6) is 0 Å². The second kappa shape index (κ2) is 9.14. The molecule has 0 rings (SSSR count). The standard InChI is InChI=1S/C4H11N5S.2BrH/c1-2(9-3(5)6)10-4(7)8;;/h2H,1H3,(H3,7,8)(H4,5,6,9);2*1H. The fourth-order valence-corrected chi connectivity index (χ4v) is 0.962. The quantitative estimate of drug-likeness (QED) is 0.435. The molecule has 1 atom stereocenters. The van der Waals surface area contributed by atoms with Crippen molar-refractivity contribution in [1.29, 1.82) is 5.41 Å². The molecule has 12 heavy (non-hydrogen) atoms. The Balaban J connectivity index is -0.000000405. The Bertz CT molecular complexity index is 158. The van der Waals surface area contributed by atoms with Gasteiger partial charge in [0.2, 0.25) is 0 Å². The van der Waals surface area contributed by atoms with E-state index in [0.29, 0.717) is 0 Å². The van der Waals surface area contributed by atoms with Crippen LogP contribution in [0, 0.1) is 5.41 Å². The summed E-state index contributed by atoms with van der Waals surface area (Å²) in [6.07, 6.45) is 0. The fraction of sp³-hybridized carbons (Fsp3) is 0.500. The molecule has 0 fully saturated rings. The number of aliphatic imine (C=N–C) groups is 1. The number of hydrogen-bond donors (Lipinski definition) is 4. The highest BCUT2D eigenvalue weighted by Gasteiger charge is 2.00. The summed E-state index contributed by atoms with van der Waals surface area (Å²) < 4.78 is 0. The summed E-state index contributed by atoms with van der Waals surface area (Å²) in [6.45, 7) is 1.76. The lowest BCUT2D eigenvalue weighted by molar-refractivity contribution is 1.04. The highest BCUT2D eigenvalue weighted by Crippen LogP contribution is 2.08. The lowest BCUT2D eigenvalue weighted by Crippen LogP contribution is -2.24. The van der Waals surface area contributed by atoms with Crippen molar-refractivity contribution in [2.24, 2.45) is 22.2 Å². The van der Waals surface area contributed by atoms with Gasteiger partial charge in [0.05, 0.1) is 0 Å². The van der Waals surface area contributed by atoms with Gasteiger partial charge >= 0.3 is 0 Å². The molecule has 0 aromatic heterocycles. The molecule has 0 saturated heterocycles. The van der Waals surface area contributed by atoms with Crippen LogP contribution in [-0.2, 0) is 0 Å². The highest BCUT2D eigenvalue weighted by molar-refractivity contribution is 8.93. The molecule has 5 nitrogen and oxygen atoms in total. The number of hydrogen-bond acceptors (Lipinski definition) is 3. The van der Waals surface area contributed by atoms with Crippen LogP contribution >= 0.6 is 45.7 Å². The van der Waals surface area contributed by atoms with Gasteiger partial charge in [-0.05, 0) is 6.92 Å². The van der Waals surface area contributed by atoms with Gasteiger partial charge in [0, 0.05) is 0 Å². The average Bonchev–Trinajstić information content (AvgIpc) is 1.58. The first-order valence-electron chi connectivity index (χ1n) is 2.62. The summed E-state index contributed by atoms with van der Waals surface area (Å²) in [5.41, 5.74) is 15.2. The van der Waals surface area contributed by atoms with Crippen molar-refractivity contribution in [2.75, 3.05) is 0 Å². The van der Waals surface area contributed by atoms with Gasteiger partial charge < -0.3 is 17.2 Å². The predicted octanol–water partition coefficient (Wildman–Crippen LogP) is 0.388. The van der Waals surface area contributed by atoms with Crippen molar-refractivity contribution < 1.29 is 0 Å². The summed E-state index contributed by atoms with van der Waals surface area (Å²) in [6, 6.07) is 0. The largest absolute Gasteiger partial charge is 0.379 e. The fourth-order valence-electron chi connectivity index (χ4n) is 0.420. The molecule has 0 saturated carbocycles. The van der Waals surface area contributed by atoms with Crippen LogP contribution in [0.25, 0.3) is 0 Å². The van der Waals surface area contributed by atoms with E-state index in [-0.39, 0.29) is 50.5 Å². The molecule has 0 heterocycles. The van der Waals surface area contributed by atoms with Gasteiger partial charge in [-0.25, -0.2) is 4.99 Å². The van der Waals surface area contributed by atoms with Crippen molar-refractivity contribution in [3.05, 3.63) is 0 Å². The van der Waals surface area contributed by atoms with Gasteiger partial charge in [0.15, 0.2) is 11.1 Å². The Kier molecular flexibility index (Phi) is 13.7. The number of halogens is 2. The van der Waals surface area contributed by atoms with E-state index >= 15 is 0 Å². The van der Waals surface area contributed by atoms with Gasteiger partial charge in [-0.1, -0.05) is 11.8 Å². The number of nitrogens with one attached hydrogen (secondary N) is 1. The normalized spacial score (nSPS) is 10.1. The number of rotatable bonds is 2. The molecule has 0 aliphatic rings. The third-order valence-electron chi connectivity index (χ3n) is 0.628. The van der Waals surface area contributed by atoms with Crippen molar-refractivity contribution in [3.8, 4) is 0 Å². The number of nitrogens with two attached hydrogens (primary N) is 3. The first kappa shape index (κ1) is 18.0. The van der Waals surface area contributed by atoms with Crippen molar-refractivity contribution in [3.63, 3.8) is 0 Å². The maximum absolute atomic E-state index is 6.86. The van der Waals surface area contributed by atoms with Crippen LogP contribution in [0.15, 0.2) is 4.99 Å². The first-order valence-corrected chi connectivity index (χ1v) is 3.49. The monoisotopic (exact) mass is 321 g/mol. The second-order valence-electron chi connectivity index (χ2n) is 1.64. The van der Waals surface area contributed by atoms with Crippen LogP contribution in [-0.4, -0.2) is 16.5 Å². The van der Waals surface area contributed by atoms with Crippen LogP contribution in [0.3, 0.4) is 0 Å². The molecule has 0 aromatic carbocycles. The summed E-state index contributed by atoms with van der Waals surface area (Å²) in [4.78, 5) is 3.73. The summed E-state index contributed by atoms with van der Waals surface area (Å²) >= 11 is 1.10. The van der Waals surface area contributed by atoms with Gasteiger partial charge in [-0.3, -0.25) is 5.41 Å². The van der Waals surface area contributed by atoms with Crippen molar-refractivity contribution in [1.82, 2.24) is 0 Å². The Labute approximate surface area is 96.6 Å². The van der Waals surface area contributed by atoms with Crippen LogP contribution in [0.2, 0.25) is 0 Å². The van der Waals surface area contributed by atoms with Crippen molar-refractivity contribution in [2.45, 2.75) is 12.3 Å². The maximum atomic E-state index is 6.86. The van der Waals surface area contributed by atoms with Gasteiger partial charge in [0.1, 0.15) is 5.37 Å². The topological polar surface area (TPSA) is 114 Å². The molecule has 0 bridgehead atoms. The molecule has 0 aromatic rings. The third kappa shape index (κ3) is 12.7. The number of amidine groups is 1. The molecule has 0 aliphatic carbocycles. The number of thioether (sulfide) groups is 1. The molecule has 74 valence electrons. The Hall–Kier alpha value is 0.0500. The van der Waals surface area contributed by atoms with E-state index in [4.69, 9.17) is 22.6 Å². The Morgan fingerprint density at radius 1 is 1.33 bits per heavy atom. The molecule has 0 aliphatic heterocycles. The second-order valence-corrected chi connectivity index (χ2v) is 2.99. The molecule has 8 heteroatoms. The average molecular weight is 323 g/mol. The third-order valence-corrected chi connectivity index (χ3v) is 1.33. The zero-order valence-corrected chi connectivity index (χ0v) is 10.7. The van der Waals surface area contributed by atoms with Crippen LogP contribution < -0.4 is 17.2 Å². The number of nitrogens with zero attached hydrogens (tertiary/aromatic N) is 1. The minimum atomic E-state index is -0.178. The van der Waals surface area contributed by atoms with Crippen LogP contribution in [0.4, 0.5) is 0 Å². The minimum absolute atomic E-state index is 0. The van der Waals surface area contributed by atoms with E-state index in [1.807, 2.05) is 0 Å². The van der Waals surface area contributed by atoms with E-state index in [0.717, 1.165) is 11.8 Å². The molecule has 0 amide bonds. The Morgan fingerprint density at radius 2 is 1.75 bits per heavy atom. The van der Waals surface area contributed by atoms with Gasteiger partial charge in [-0.2, -0.15) is 0 Å². The zero-order valence-electron chi connectivity index (χ0n) is 6.48. The van der Waals surface area contributed by atoms with Gasteiger partial charge in [0.25, 0.3) is 0 Å². The summed E-state index contributed by atoms with van der Waals surface area (Å²) in [5, 5.41) is 6.69. The molecule has 0 radical (unpaired) electrons. The summed E-state index contributed by atoms with van der Waals surface area (Å²) in [5.74, 6) is 0.0150. The Morgan fingerprint density at radius 3 is 2.00 bits per heavy atom. The van der Waals surface area contributed by atoms with E-state index in [9.17, 15) is 0 Å². The smallest absolute Gasteiger partial charge is 0.187 e. The molecule has 0 spiro atoms. The van der Waals surface area contributed by atoms with Gasteiger partial charge in [-0.15, -0.1) is 34.0 Å². The first-order chi connectivity index (χ1) is 4.52. The summed E-state index contributed by atoms with van der Waals surface area (Å²) in [7, 11) is 0. The van der Waals surface area contributed by atoms with Crippen molar-refractivity contribution >= 4 is 56.9 Å². The number of guanidine groups is 1. The lowest BCUT2D eigenvalue weighted by Gasteiger charge is -2.02. The zero-order chi connectivity index (χ0) is 8.15. The molecule has 7 N–H and O–H groups in total. The SMILES string of the molecule is Br.Br.CC(N=C(N)N)SC(=N)N. The molecular formula is C4H13Br2N5S. The van der Waals surface area contributed by atoms with E-state index in [1.54, 1.807) is 6.92 Å². The highest BCUT2D eigenvalue weighted by atomic mass is 79.9. The molecule has 1 unspecified atom stereocenters. The van der Waals surface area contributed by atoms with E-state index in [1.165, 1.54) is 0 Å². The van der Waals surface area contributed by atoms with E-state index < -0.39 is 0 Å². The predicted molar refractivity (Wildman–Crippen MR) is 65.4 cm³/mol. The molecular weight excluding hydrogens is 310 g/mol. The lowest BCUT2D eigenvalue weighted by atomic mass is 10.8. The maximum Gasteiger partial charge on any atom is 0.187 e.